The van der Waals surface area contributed by atoms with Gasteiger partial charge in [0.2, 0.25) is 0 Å². The maximum Gasteiger partial charge on any atom is 0.499 e. The Morgan fingerprint density at radius 3 is 1.20 bits per heavy atom. The van der Waals surface area contributed by atoms with Gasteiger partial charge in [-0.15, -0.1) is 0 Å². The van der Waals surface area contributed by atoms with Gasteiger partial charge in [0.05, 0.1) is 0 Å². The second-order valence-electron chi connectivity index (χ2n) is 22.2. The number of hydrogen-bond acceptors (Lipinski definition) is 2. The summed E-state index contributed by atoms with van der Waals surface area (Å²) >= 11 is 0. The fourth-order valence-corrected chi connectivity index (χ4v) is 13.4. The molecule has 4 aliphatic carbocycles. The summed E-state index contributed by atoms with van der Waals surface area (Å²) in [5.41, 5.74) is 1.57. The van der Waals surface area contributed by atoms with Gasteiger partial charge in [0.1, 0.15) is 11.5 Å². The molecule has 69 heavy (non-hydrogen) atoms. The zero-order valence-corrected chi connectivity index (χ0v) is 41.5. The Bertz CT molecular complexity index is 1730. The molecule has 0 N–H and O–H groups in total. The molecule has 0 aliphatic heterocycles. The van der Waals surface area contributed by atoms with E-state index in [1.807, 2.05) is 0 Å². The van der Waals surface area contributed by atoms with E-state index in [1.165, 1.54) is 134 Å². The van der Waals surface area contributed by atoms with E-state index in [0.29, 0.717) is 30.1 Å². The summed E-state index contributed by atoms with van der Waals surface area (Å²) in [4.78, 5) is 0. The van der Waals surface area contributed by atoms with Crippen molar-refractivity contribution in [1.29, 1.82) is 0 Å². The highest BCUT2D eigenvalue weighted by molar-refractivity contribution is 5.32. The van der Waals surface area contributed by atoms with Gasteiger partial charge in [0.25, 0.3) is 0 Å². The Morgan fingerprint density at radius 1 is 0.435 bits per heavy atom. The third kappa shape index (κ3) is 16.4. The Labute approximate surface area is 407 Å². The zero-order chi connectivity index (χ0) is 49.7. The molecule has 4 saturated carbocycles. The molecule has 2 nitrogen and oxygen atoms in total. The van der Waals surface area contributed by atoms with Gasteiger partial charge >= 0.3 is 24.6 Å². The minimum absolute atomic E-state index is 0.0217. The molecule has 0 radical (unpaired) electrons. The Morgan fingerprint density at radius 2 is 0.797 bits per heavy atom. The van der Waals surface area contributed by atoms with Crippen molar-refractivity contribution >= 4 is 0 Å². The Balaban J connectivity index is 1.19. The molecule has 2 aromatic carbocycles. The van der Waals surface area contributed by atoms with Crippen LogP contribution in [-0.4, -0.2) is 24.6 Å². The maximum absolute atomic E-state index is 14.1. The number of alkyl halides is 10. The second kappa shape index (κ2) is 25.8. The molecule has 0 spiro atoms. The van der Waals surface area contributed by atoms with E-state index in [0.717, 1.165) is 98.8 Å². The van der Waals surface area contributed by atoms with Crippen molar-refractivity contribution in [2.75, 3.05) is 0 Å². The molecule has 12 heteroatoms. The van der Waals surface area contributed by atoms with Gasteiger partial charge in [-0.1, -0.05) is 147 Å². The SMILES string of the molecule is CCCCCCCC1CCC(C2CCC(CC(c3ccc(OC(F)(F)C(F)(F)F)cc3)C(Cc3ccc(OC(F)(F)C(F)(F)F)cc3)C3CCC(C4CCC(CCCCCC)CC4)CC3)CC2)CC1. The molecule has 2 aromatic rings. The van der Waals surface area contributed by atoms with Gasteiger partial charge in [-0.3, -0.25) is 0 Å². The summed E-state index contributed by atoms with van der Waals surface area (Å²) in [6.07, 6.45) is 12.0. The normalized spacial score (nSPS) is 27.4. The Hall–Kier alpha value is -2.66. The first kappa shape index (κ1) is 55.7. The molecule has 2 atom stereocenters. The molecule has 0 amide bonds. The molecule has 0 aromatic heterocycles. The van der Waals surface area contributed by atoms with Crippen LogP contribution in [0.25, 0.3) is 0 Å². The lowest BCUT2D eigenvalue weighted by molar-refractivity contribution is -0.360. The van der Waals surface area contributed by atoms with Gasteiger partial charge in [0.15, 0.2) is 0 Å². The van der Waals surface area contributed by atoms with E-state index in [9.17, 15) is 43.9 Å². The average molecular weight is 989 g/mol. The standard InChI is InChI=1S/C57H82F10O2/c1-3-5-7-9-11-13-41-14-22-44(23-15-41)46-26-18-42(19-27-46)38-53(49-32-36-51(37-33-49)69-57(66,67)55(61,62)63)52(39-43-20-34-50(35-21-43)68-56(64,65)54(58,59)60)48-30-28-47(29-31-48)45-24-16-40(17-25-45)12-10-8-6-4-2/h20-21,32-37,40-42,44-48,52-53H,3-19,22-31,38-39H2,1-2H3. The molecule has 0 heterocycles. The fourth-order valence-electron chi connectivity index (χ4n) is 13.4. The topological polar surface area (TPSA) is 18.5 Å². The van der Waals surface area contributed by atoms with Crippen LogP contribution in [0.4, 0.5) is 43.9 Å². The van der Waals surface area contributed by atoms with Crippen LogP contribution in [0.15, 0.2) is 48.5 Å². The van der Waals surface area contributed by atoms with Crippen LogP contribution in [-0.2, 0) is 6.42 Å². The number of unbranched alkanes of at least 4 members (excludes halogenated alkanes) is 7. The smallest absolute Gasteiger partial charge is 0.426 e. The first-order valence-corrected chi connectivity index (χ1v) is 27.3. The highest BCUT2D eigenvalue weighted by atomic mass is 19.4. The molecule has 4 fully saturated rings. The average Bonchev–Trinajstić information content (AvgIpc) is 3.32. The number of benzene rings is 2. The van der Waals surface area contributed by atoms with Crippen molar-refractivity contribution in [1.82, 2.24) is 0 Å². The van der Waals surface area contributed by atoms with Crippen molar-refractivity contribution in [3.05, 3.63) is 59.7 Å². The van der Waals surface area contributed by atoms with E-state index in [4.69, 9.17) is 0 Å². The second-order valence-corrected chi connectivity index (χ2v) is 22.2. The third-order valence-corrected chi connectivity index (χ3v) is 17.6. The number of ether oxygens (including phenoxy) is 2. The fraction of sp³-hybridized carbons (Fsp3) is 0.789. The first-order valence-electron chi connectivity index (χ1n) is 27.3. The predicted molar refractivity (Wildman–Crippen MR) is 255 cm³/mol. The molecular weight excluding hydrogens is 907 g/mol. The highest BCUT2D eigenvalue weighted by Gasteiger charge is 2.62. The summed E-state index contributed by atoms with van der Waals surface area (Å²) in [6.45, 7) is 4.49. The van der Waals surface area contributed by atoms with Gasteiger partial charge in [-0.2, -0.15) is 43.9 Å². The largest absolute Gasteiger partial charge is 0.499 e. The molecule has 2 unspecified atom stereocenters. The minimum atomic E-state index is -5.89. The number of hydrogen-bond donors (Lipinski definition) is 0. The van der Waals surface area contributed by atoms with Crippen LogP contribution in [0.1, 0.15) is 211 Å². The van der Waals surface area contributed by atoms with E-state index in [2.05, 4.69) is 23.3 Å². The highest BCUT2D eigenvalue weighted by Crippen LogP contribution is 2.51. The lowest BCUT2D eigenvalue weighted by Gasteiger charge is -2.43. The van der Waals surface area contributed by atoms with Crippen molar-refractivity contribution in [2.24, 2.45) is 53.3 Å². The van der Waals surface area contributed by atoms with Crippen LogP contribution in [0.3, 0.4) is 0 Å². The number of rotatable bonds is 24. The van der Waals surface area contributed by atoms with E-state index >= 15 is 0 Å². The molecular formula is C57H82F10O2. The van der Waals surface area contributed by atoms with Crippen LogP contribution in [0.5, 0.6) is 11.5 Å². The lowest BCUT2D eigenvalue weighted by Crippen LogP contribution is -2.41. The molecule has 0 saturated heterocycles. The van der Waals surface area contributed by atoms with Crippen LogP contribution in [0.2, 0.25) is 0 Å². The first-order chi connectivity index (χ1) is 32.9. The lowest BCUT2D eigenvalue weighted by atomic mass is 9.62. The van der Waals surface area contributed by atoms with Gasteiger partial charge < -0.3 is 9.47 Å². The van der Waals surface area contributed by atoms with Crippen LogP contribution in [0, 0.1) is 53.3 Å². The summed E-state index contributed by atoms with van der Waals surface area (Å²) in [5.74, 6) is 3.65. The molecule has 0 bridgehead atoms. The van der Waals surface area contributed by atoms with Crippen molar-refractivity contribution in [3.63, 3.8) is 0 Å². The van der Waals surface area contributed by atoms with Crippen molar-refractivity contribution in [2.45, 2.75) is 231 Å². The summed E-state index contributed by atoms with van der Waals surface area (Å²) in [5, 5.41) is 0. The van der Waals surface area contributed by atoms with Gasteiger partial charge in [0, 0.05) is 0 Å². The van der Waals surface area contributed by atoms with Gasteiger partial charge in [-0.05, 0) is 172 Å². The number of halogens is 10. The summed E-state index contributed by atoms with van der Waals surface area (Å²) in [6, 6.07) is 11.0. The van der Waals surface area contributed by atoms with Crippen molar-refractivity contribution in [3.8, 4) is 11.5 Å². The van der Waals surface area contributed by atoms with Gasteiger partial charge in [-0.25, -0.2) is 0 Å². The monoisotopic (exact) mass is 989 g/mol. The van der Waals surface area contributed by atoms with E-state index in [1.54, 1.807) is 24.3 Å². The van der Waals surface area contributed by atoms with E-state index in [-0.39, 0.29) is 17.8 Å². The predicted octanol–water partition coefficient (Wildman–Crippen LogP) is 19.6. The van der Waals surface area contributed by atoms with Crippen LogP contribution >= 0.6 is 0 Å². The van der Waals surface area contributed by atoms with Crippen LogP contribution < -0.4 is 9.47 Å². The maximum atomic E-state index is 14.1. The molecule has 392 valence electrons. The quantitative estimate of drug-likeness (QED) is 0.0771. The third-order valence-electron chi connectivity index (χ3n) is 17.6. The summed E-state index contributed by atoms with van der Waals surface area (Å²) in [7, 11) is 0. The molecule has 6 rings (SSSR count). The summed E-state index contributed by atoms with van der Waals surface area (Å²) < 4.78 is 143. The Kier molecular flexibility index (Phi) is 20.8. The van der Waals surface area contributed by atoms with E-state index < -0.39 is 36.1 Å². The minimum Gasteiger partial charge on any atom is -0.426 e. The zero-order valence-electron chi connectivity index (χ0n) is 41.5. The van der Waals surface area contributed by atoms with Crippen molar-refractivity contribution < 1.29 is 53.4 Å². The molecule has 4 aliphatic rings.